The number of benzene rings is 1. The first-order valence-corrected chi connectivity index (χ1v) is 13.0. The van der Waals surface area contributed by atoms with Gasteiger partial charge in [0.15, 0.2) is 0 Å². The van der Waals surface area contributed by atoms with Gasteiger partial charge in [0.2, 0.25) is 5.91 Å². The molecule has 0 aromatic heterocycles. The number of likely N-dealkylation sites (N-methyl/N-ethyl adjacent to an activating group) is 1. The third-order valence-electron chi connectivity index (χ3n) is 7.76. The summed E-state index contributed by atoms with van der Waals surface area (Å²) in [5.41, 5.74) is 1.20. The second-order valence-corrected chi connectivity index (χ2v) is 10.7. The van der Waals surface area contributed by atoms with E-state index in [0.29, 0.717) is 30.2 Å². The molecule has 1 aliphatic heterocycles. The number of methoxy groups -OCH3 is 1. The molecular weight excluding hydrogens is 430 g/mol. The van der Waals surface area contributed by atoms with Crippen molar-refractivity contribution in [3.8, 4) is 5.75 Å². The van der Waals surface area contributed by atoms with Crippen molar-refractivity contribution in [2.24, 2.45) is 17.8 Å². The van der Waals surface area contributed by atoms with E-state index in [1.165, 1.54) is 25.7 Å². The second-order valence-electron chi connectivity index (χ2n) is 10.7. The number of carbonyl (C=O) groups excluding carboxylic acids is 2. The predicted octanol–water partition coefficient (Wildman–Crippen LogP) is 4.03. The van der Waals surface area contributed by atoms with Crippen molar-refractivity contribution < 1.29 is 19.1 Å². The maximum atomic E-state index is 13.3. The van der Waals surface area contributed by atoms with Gasteiger partial charge in [-0.25, -0.2) is 0 Å². The lowest BCUT2D eigenvalue weighted by Gasteiger charge is -2.37. The molecule has 0 bridgehead atoms. The third-order valence-corrected chi connectivity index (χ3v) is 7.76. The van der Waals surface area contributed by atoms with Gasteiger partial charge < -0.3 is 19.7 Å². The van der Waals surface area contributed by atoms with E-state index in [1.54, 1.807) is 30.2 Å². The zero-order chi connectivity index (χ0) is 24.2. The summed E-state index contributed by atoms with van der Waals surface area (Å²) in [6.45, 7) is 7.41. The Hall–Kier alpha value is -2.12. The Morgan fingerprint density at radius 1 is 1.15 bits per heavy atom. The molecule has 188 valence electrons. The fraction of sp³-hybridized carbons (Fsp3) is 0.704. The van der Waals surface area contributed by atoms with Crippen LogP contribution in [-0.4, -0.2) is 74.2 Å². The Bertz CT molecular complexity index is 865. The maximum absolute atomic E-state index is 13.3. The number of hydrogen-bond acceptors (Lipinski definition) is 5. The molecule has 0 unspecified atom stereocenters. The predicted molar refractivity (Wildman–Crippen MR) is 133 cm³/mol. The number of rotatable bonds is 5. The minimum absolute atomic E-state index is 0.0459. The average Bonchev–Trinajstić information content (AvgIpc) is 3.56. The van der Waals surface area contributed by atoms with Gasteiger partial charge in [-0.2, -0.15) is 0 Å². The zero-order valence-electron chi connectivity index (χ0n) is 21.2. The van der Waals surface area contributed by atoms with Crippen molar-refractivity contribution in [2.45, 2.75) is 64.5 Å². The number of hydrogen-bond donors (Lipinski definition) is 1. The van der Waals surface area contributed by atoms with Gasteiger partial charge in [0, 0.05) is 57.5 Å². The number of nitrogens with zero attached hydrogens (tertiary/aromatic N) is 2. The Morgan fingerprint density at radius 3 is 2.56 bits per heavy atom. The largest absolute Gasteiger partial charge is 0.491 e. The number of fused-ring (bicyclic) bond motifs is 1. The van der Waals surface area contributed by atoms with Crippen molar-refractivity contribution >= 4 is 17.5 Å². The van der Waals surface area contributed by atoms with Crippen LogP contribution in [0, 0.1) is 17.8 Å². The van der Waals surface area contributed by atoms with Gasteiger partial charge in [0.05, 0.1) is 11.7 Å². The minimum Gasteiger partial charge on any atom is -0.491 e. The van der Waals surface area contributed by atoms with Crippen LogP contribution in [0.4, 0.5) is 5.69 Å². The molecule has 1 heterocycles. The first-order valence-electron chi connectivity index (χ1n) is 13.0. The summed E-state index contributed by atoms with van der Waals surface area (Å²) in [6.07, 6.45) is 7.11. The van der Waals surface area contributed by atoms with E-state index < -0.39 is 0 Å². The van der Waals surface area contributed by atoms with Crippen LogP contribution in [0.5, 0.6) is 5.75 Å². The van der Waals surface area contributed by atoms with Gasteiger partial charge in [0.25, 0.3) is 5.91 Å². The summed E-state index contributed by atoms with van der Waals surface area (Å²) < 4.78 is 12.2. The quantitative estimate of drug-likeness (QED) is 0.702. The smallest absolute Gasteiger partial charge is 0.257 e. The first-order chi connectivity index (χ1) is 16.4. The SMILES string of the molecule is CO[C@@H]1CN(C)C(=O)c2ccc(NC(=O)C3CC3)cc2OC[C@H](C)N(CC2CCCC2)C[C@H]1C. The minimum atomic E-state index is -0.0969. The van der Waals surface area contributed by atoms with Gasteiger partial charge in [-0.1, -0.05) is 19.8 Å². The summed E-state index contributed by atoms with van der Waals surface area (Å²) in [6, 6.07) is 5.57. The highest BCUT2D eigenvalue weighted by atomic mass is 16.5. The lowest BCUT2D eigenvalue weighted by atomic mass is 9.99. The number of nitrogens with one attached hydrogen (secondary N) is 1. The average molecular weight is 472 g/mol. The van der Waals surface area contributed by atoms with Crippen molar-refractivity contribution in [2.75, 3.05) is 45.7 Å². The zero-order valence-corrected chi connectivity index (χ0v) is 21.2. The van der Waals surface area contributed by atoms with E-state index in [-0.39, 0.29) is 35.8 Å². The second kappa shape index (κ2) is 11.1. The molecule has 0 spiro atoms. The van der Waals surface area contributed by atoms with Crippen LogP contribution in [0.25, 0.3) is 0 Å². The fourth-order valence-corrected chi connectivity index (χ4v) is 5.29. The molecule has 34 heavy (non-hydrogen) atoms. The molecule has 1 aromatic rings. The van der Waals surface area contributed by atoms with Crippen LogP contribution in [0.15, 0.2) is 18.2 Å². The number of anilines is 1. The molecule has 2 amide bonds. The third kappa shape index (κ3) is 6.11. The van der Waals surface area contributed by atoms with Crippen LogP contribution in [0.2, 0.25) is 0 Å². The molecule has 1 aromatic carbocycles. The van der Waals surface area contributed by atoms with Crippen LogP contribution in [0.1, 0.15) is 62.7 Å². The van der Waals surface area contributed by atoms with Crippen molar-refractivity contribution in [1.82, 2.24) is 9.80 Å². The number of amides is 2. The highest BCUT2D eigenvalue weighted by molar-refractivity contribution is 5.99. The van der Waals surface area contributed by atoms with Gasteiger partial charge in [0.1, 0.15) is 12.4 Å². The summed E-state index contributed by atoms with van der Waals surface area (Å²) in [7, 11) is 3.56. The van der Waals surface area contributed by atoms with Gasteiger partial charge in [-0.05, 0) is 56.6 Å². The molecule has 0 radical (unpaired) electrons. The standard InChI is InChI=1S/C27H41N3O4/c1-18-14-30(15-20-7-5-6-8-20)19(2)17-34-24-13-22(28-26(31)21-9-10-21)11-12-23(24)27(32)29(3)16-25(18)33-4/h11-13,18-21,25H,5-10,14-17H2,1-4H3,(H,28,31)/t18-,19+,25-/m1/s1. The van der Waals surface area contributed by atoms with E-state index >= 15 is 0 Å². The maximum Gasteiger partial charge on any atom is 0.257 e. The van der Waals surface area contributed by atoms with E-state index in [2.05, 4.69) is 24.1 Å². The van der Waals surface area contributed by atoms with Crippen molar-refractivity contribution in [1.29, 1.82) is 0 Å². The van der Waals surface area contributed by atoms with E-state index in [1.807, 2.05) is 7.05 Å². The Morgan fingerprint density at radius 2 is 1.88 bits per heavy atom. The van der Waals surface area contributed by atoms with Crippen LogP contribution >= 0.6 is 0 Å². The summed E-state index contributed by atoms with van der Waals surface area (Å²) in [4.78, 5) is 29.9. The molecule has 7 nitrogen and oxygen atoms in total. The van der Waals surface area contributed by atoms with E-state index in [9.17, 15) is 9.59 Å². The van der Waals surface area contributed by atoms with E-state index in [4.69, 9.17) is 9.47 Å². The molecular formula is C27H41N3O4. The van der Waals surface area contributed by atoms with Gasteiger partial charge in [-0.3, -0.25) is 14.5 Å². The number of ether oxygens (including phenoxy) is 2. The molecule has 0 saturated heterocycles. The monoisotopic (exact) mass is 471 g/mol. The Kier molecular flexibility index (Phi) is 8.14. The molecule has 7 heteroatoms. The number of carbonyl (C=O) groups is 2. The van der Waals surface area contributed by atoms with E-state index in [0.717, 1.165) is 31.8 Å². The van der Waals surface area contributed by atoms with Gasteiger partial charge in [-0.15, -0.1) is 0 Å². The molecule has 4 rings (SSSR count). The van der Waals surface area contributed by atoms with Gasteiger partial charge >= 0.3 is 0 Å². The highest BCUT2D eigenvalue weighted by Gasteiger charge is 2.31. The molecule has 2 fully saturated rings. The molecule has 3 aliphatic rings. The fourth-order valence-electron chi connectivity index (χ4n) is 5.29. The molecule has 1 N–H and O–H groups in total. The lowest BCUT2D eigenvalue weighted by Crippen LogP contribution is -2.47. The normalized spacial score (nSPS) is 27.5. The summed E-state index contributed by atoms with van der Waals surface area (Å²) in [5, 5.41) is 2.98. The topological polar surface area (TPSA) is 71.1 Å². The van der Waals surface area contributed by atoms with Crippen LogP contribution in [-0.2, 0) is 9.53 Å². The van der Waals surface area contributed by atoms with Crippen molar-refractivity contribution in [3.05, 3.63) is 23.8 Å². The Balaban J connectivity index is 1.59. The molecule has 3 atom stereocenters. The van der Waals surface area contributed by atoms with Crippen LogP contribution < -0.4 is 10.1 Å². The lowest BCUT2D eigenvalue weighted by molar-refractivity contribution is -0.117. The summed E-state index contributed by atoms with van der Waals surface area (Å²) >= 11 is 0. The first kappa shape index (κ1) is 25.0. The molecule has 2 aliphatic carbocycles. The van der Waals surface area contributed by atoms with Crippen LogP contribution in [0.3, 0.4) is 0 Å². The highest BCUT2D eigenvalue weighted by Crippen LogP contribution is 2.32. The molecule has 2 saturated carbocycles. The van der Waals surface area contributed by atoms with Crippen molar-refractivity contribution in [3.63, 3.8) is 0 Å². The Labute approximate surface area is 204 Å². The summed E-state index contributed by atoms with van der Waals surface area (Å²) in [5.74, 6) is 1.62.